The summed E-state index contributed by atoms with van der Waals surface area (Å²) in [7, 11) is -3.77. The highest BCUT2D eigenvalue weighted by Gasteiger charge is 2.18. The van der Waals surface area contributed by atoms with Crippen molar-refractivity contribution in [3.8, 4) is 0 Å². The molecule has 0 saturated carbocycles. The van der Waals surface area contributed by atoms with Crippen molar-refractivity contribution in [2.24, 2.45) is 0 Å². The summed E-state index contributed by atoms with van der Waals surface area (Å²) in [6, 6.07) is 0. The molecule has 0 saturated heterocycles. The number of hydrogen-bond acceptors (Lipinski definition) is 3. The maximum absolute atomic E-state index is 10.8. The first-order valence-corrected chi connectivity index (χ1v) is 4.85. The van der Waals surface area contributed by atoms with Gasteiger partial charge in [0.15, 0.2) is 0 Å². The van der Waals surface area contributed by atoms with E-state index in [1.54, 1.807) is 26.0 Å². The fraction of sp³-hybridized carbons (Fsp3) is 0.667. The van der Waals surface area contributed by atoms with E-state index < -0.39 is 7.82 Å². The van der Waals surface area contributed by atoms with E-state index in [0.717, 1.165) is 0 Å². The zero-order valence-electron chi connectivity index (χ0n) is 6.69. The van der Waals surface area contributed by atoms with Crippen molar-refractivity contribution in [3.05, 3.63) is 12.2 Å². The molecule has 0 aliphatic heterocycles. The summed E-state index contributed by atoms with van der Waals surface area (Å²) >= 11 is 0. The first-order chi connectivity index (χ1) is 5.12. The van der Waals surface area contributed by atoms with Crippen molar-refractivity contribution < 1.29 is 18.5 Å². The van der Waals surface area contributed by atoms with Crippen LogP contribution in [0, 0.1) is 0 Å². The van der Waals surface area contributed by atoms with Gasteiger partial charge in [-0.05, 0) is 13.8 Å². The highest BCUT2D eigenvalue weighted by atomic mass is 31.2. The smallest absolute Gasteiger partial charge is 0.302 e. The highest BCUT2D eigenvalue weighted by molar-refractivity contribution is 7.47. The molecule has 0 rings (SSSR count). The van der Waals surface area contributed by atoms with Crippen molar-refractivity contribution in [2.45, 2.75) is 13.8 Å². The lowest BCUT2D eigenvalue weighted by Crippen LogP contribution is -1.94. The summed E-state index contributed by atoms with van der Waals surface area (Å²) in [4.78, 5) is 8.82. The lowest BCUT2D eigenvalue weighted by atomic mass is 10.6. The Hall–Kier alpha value is -0.150. The van der Waals surface area contributed by atoms with E-state index in [9.17, 15) is 4.57 Å². The third-order valence-electron chi connectivity index (χ3n) is 0.862. The minimum atomic E-state index is -3.77. The van der Waals surface area contributed by atoms with E-state index in [1.807, 2.05) is 0 Å². The normalized spacial score (nSPS) is 17.0. The van der Waals surface area contributed by atoms with E-state index in [0.29, 0.717) is 0 Å². The summed E-state index contributed by atoms with van der Waals surface area (Å²) in [5, 5.41) is 0. The maximum Gasteiger partial charge on any atom is 0.472 e. The van der Waals surface area contributed by atoms with Crippen LogP contribution in [0.1, 0.15) is 13.8 Å². The van der Waals surface area contributed by atoms with Gasteiger partial charge in [-0.2, -0.15) is 0 Å². The molecule has 11 heavy (non-hydrogen) atoms. The average Bonchev–Trinajstić information content (AvgIpc) is 1.87. The molecule has 0 spiro atoms. The fourth-order valence-corrected chi connectivity index (χ4v) is 1.11. The third-order valence-corrected chi connectivity index (χ3v) is 1.92. The second kappa shape index (κ2) is 5.49. The maximum atomic E-state index is 10.8. The lowest BCUT2D eigenvalue weighted by Gasteiger charge is -2.08. The Balaban J connectivity index is 3.64. The molecule has 5 heteroatoms. The molecule has 0 radical (unpaired) electrons. The van der Waals surface area contributed by atoms with E-state index in [1.165, 1.54) is 0 Å². The monoisotopic (exact) mass is 180 g/mol. The lowest BCUT2D eigenvalue weighted by molar-refractivity contribution is 0.167. The van der Waals surface area contributed by atoms with Gasteiger partial charge in [-0.15, -0.1) is 0 Å². The van der Waals surface area contributed by atoms with E-state index in [4.69, 9.17) is 4.89 Å². The van der Waals surface area contributed by atoms with Crippen molar-refractivity contribution >= 4 is 7.82 Å². The third kappa shape index (κ3) is 6.26. The average molecular weight is 180 g/mol. The predicted molar refractivity (Wildman–Crippen MR) is 42.2 cm³/mol. The standard InChI is InChI=1S/C6H13O4P/c1-3-5-6-10-11(7,8)9-4-2/h3,5H,4,6H2,1-2H3,(H,7,8). The summed E-state index contributed by atoms with van der Waals surface area (Å²) in [6.07, 6.45) is 3.35. The largest absolute Gasteiger partial charge is 0.472 e. The van der Waals surface area contributed by atoms with Crippen LogP contribution in [-0.2, 0) is 13.6 Å². The molecule has 0 aliphatic rings. The number of phosphoric ester groups is 1. The molecule has 66 valence electrons. The van der Waals surface area contributed by atoms with Crippen LogP contribution < -0.4 is 0 Å². The molecule has 0 aromatic rings. The number of allylic oxidation sites excluding steroid dienone is 1. The molecule has 0 aliphatic carbocycles. The summed E-state index contributed by atoms with van der Waals surface area (Å²) in [5.74, 6) is 0. The van der Waals surface area contributed by atoms with Crippen LogP contribution in [0.4, 0.5) is 0 Å². The van der Waals surface area contributed by atoms with Crippen LogP contribution >= 0.6 is 7.82 Å². The predicted octanol–water partition coefficient (Wildman–Crippen LogP) is 1.72. The highest BCUT2D eigenvalue weighted by Crippen LogP contribution is 2.42. The molecule has 4 nitrogen and oxygen atoms in total. The topological polar surface area (TPSA) is 55.8 Å². The molecule has 1 unspecified atom stereocenters. The van der Waals surface area contributed by atoms with Gasteiger partial charge in [-0.25, -0.2) is 4.57 Å². The Kier molecular flexibility index (Phi) is 5.42. The Morgan fingerprint density at radius 3 is 2.64 bits per heavy atom. The minimum Gasteiger partial charge on any atom is -0.302 e. The molecule has 0 aromatic carbocycles. The van der Waals surface area contributed by atoms with Crippen LogP contribution in [0.5, 0.6) is 0 Å². The zero-order chi connectivity index (χ0) is 8.74. The van der Waals surface area contributed by atoms with Crippen molar-refractivity contribution in [1.82, 2.24) is 0 Å². The second-order valence-electron chi connectivity index (χ2n) is 1.75. The molecular formula is C6H13O4P. The van der Waals surface area contributed by atoms with Gasteiger partial charge < -0.3 is 4.89 Å². The molecule has 0 fully saturated rings. The number of phosphoric acid groups is 1. The number of rotatable bonds is 5. The van der Waals surface area contributed by atoms with Crippen molar-refractivity contribution in [3.63, 3.8) is 0 Å². The first kappa shape index (κ1) is 10.8. The SMILES string of the molecule is CC=CCOP(=O)(O)OCC. The van der Waals surface area contributed by atoms with Crippen LogP contribution in [0.3, 0.4) is 0 Å². The van der Waals surface area contributed by atoms with Gasteiger partial charge in [0.05, 0.1) is 13.2 Å². The zero-order valence-corrected chi connectivity index (χ0v) is 7.58. The minimum absolute atomic E-state index is 0.101. The summed E-state index contributed by atoms with van der Waals surface area (Å²) < 4.78 is 19.7. The summed E-state index contributed by atoms with van der Waals surface area (Å²) in [5.41, 5.74) is 0. The molecular weight excluding hydrogens is 167 g/mol. The Labute approximate surface area is 66.4 Å². The number of hydrogen-bond donors (Lipinski definition) is 1. The van der Waals surface area contributed by atoms with Crippen molar-refractivity contribution in [1.29, 1.82) is 0 Å². The molecule has 0 aromatic heterocycles. The van der Waals surface area contributed by atoms with Crippen molar-refractivity contribution in [2.75, 3.05) is 13.2 Å². The Morgan fingerprint density at radius 1 is 1.55 bits per heavy atom. The van der Waals surface area contributed by atoms with Gasteiger partial charge in [-0.1, -0.05) is 12.2 Å². The molecule has 1 atom stereocenters. The van der Waals surface area contributed by atoms with Crippen LogP contribution in [0.2, 0.25) is 0 Å². The fourth-order valence-electron chi connectivity index (χ4n) is 0.434. The van der Waals surface area contributed by atoms with Gasteiger partial charge >= 0.3 is 7.82 Å². The second-order valence-corrected chi connectivity index (χ2v) is 3.20. The van der Waals surface area contributed by atoms with Crippen LogP contribution in [0.15, 0.2) is 12.2 Å². The molecule has 0 amide bonds. The van der Waals surface area contributed by atoms with E-state index >= 15 is 0 Å². The van der Waals surface area contributed by atoms with Gasteiger partial charge in [0, 0.05) is 0 Å². The molecule has 0 bridgehead atoms. The molecule has 1 N–H and O–H groups in total. The van der Waals surface area contributed by atoms with Gasteiger partial charge in [0.2, 0.25) is 0 Å². The van der Waals surface area contributed by atoms with E-state index in [2.05, 4.69) is 9.05 Å². The van der Waals surface area contributed by atoms with Crippen LogP contribution in [0.25, 0.3) is 0 Å². The Bertz CT molecular complexity index is 166. The van der Waals surface area contributed by atoms with E-state index in [-0.39, 0.29) is 13.2 Å². The van der Waals surface area contributed by atoms with Gasteiger partial charge in [0.1, 0.15) is 0 Å². The quantitative estimate of drug-likeness (QED) is 0.517. The van der Waals surface area contributed by atoms with Gasteiger partial charge in [0.25, 0.3) is 0 Å². The Morgan fingerprint density at radius 2 is 2.18 bits per heavy atom. The molecule has 0 heterocycles. The first-order valence-electron chi connectivity index (χ1n) is 3.35. The van der Waals surface area contributed by atoms with Crippen LogP contribution in [-0.4, -0.2) is 18.1 Å². The van der Waals surface area contributed by atoms with Gasteiger partial charge in [-0.3, -0.25) is 9.05 Å². The summed E-state index contributed by atoms with van der Waals surface area (Å²) in [6.45, 7) is 3.70.